The normalized spacial score (nSPS) is 12.7. The van der Waals surface area contributed by atoms with Gasteiger partial charge in [-0.2, -0.15) is 0 Å². The Morgan fingerprint density at radius 2 is 2.00 bits per heavy atom. The Morgan fingerprint density at radius 1 is 1.26 bits per heavy atom. The molecule has 1 aromatic heterocycles. The summed E-state index contributed by atoms with van der Waals surface area (Å²) in [7, 11) is 0. The van der Waals surface area contributed by atoms with Gasteiger partial charge in [-0.3, -0.25) is 0 Å². The lowest BCUT2D eigenvalue weighted by molar-refractivity contribution is 0.629. The van der Waals surface area contributed by atoms with E-state index < -0.39 is 0 Å². The van der Waals surface area contributed by atoms with Gasteiger partial charge in [-0.15, -0.1) is 11.3 Å². The Labute approximate surface area is 136 Å². The number of benzene rings is 1. The molecule has 2 aromatic rings. The van der Waals surface area contributed by atoms with Crippen LogP contribution in [-0.4, -0.2) is 6.54 Å². The fourth-order valence-electron chi connectivity index (χ4n) is 2.10. The number of rotatable bonds is 4. The largest absolute Gasteiger partial charge is 0.306 e. The van der Waals surface area contributed by atoms with Gasteiger partial charge >= 0.3 is 0 Å². The highest BCUT2D eigenvalue weighted by Gasteiger charge is 2.20. The molecule has 19 heavy (non-hydrogen) atoms. The second kappa shape index (κ2) is 6.59. The molecule has 2 rings (SSSR count). The highest BCUT2D eigenvalue weighted by molar-refractivity contribution is 9.10. The first-order chi connectivity index (χ1) is 9.02. The highest BCUT2D eigenvalue weighted by atomic mass is 79.9. The minimum Gasteiger partial charge on any atom is -0.306 e. The van der Waals surface area contributed by atoms with Crippen molar-refractivity contribution in [2.24, 2.45) is 0 Å². The van der Waals surface area contributed by atoms with Gasteiger partial charge in [-0.05, 0) is 42.8 Å². The van der Waals surface area contributed by atoms with Crippen LogP contribution in [0.2, 0.25) is 8.67 Å². The van der Waals surface area contributed by atoms with E-state index in [1.807, 2.05) is 6.07 Å². The van der Waals surface area contributed by atoms with Crippen molar-refractivity contribution in [2.75, 3.05) is 6.54 Å². The summed E-state index contributed by atoms with van der Waals surface area (Å²) in [6.07, 6.45) is 0. The molecule has 1 heterocycles. The number of hydrogen-bond donors (Lipinski definition) is 1. The van der Waals surface area contributed by atoms with E-state index in [1.54, 1.807) is 0 Å². The van der Waals surface area contributed by atoms with E-state index in [1.165, 1.54) is 22.5 Å². The van der Waals surface area contributed by atoms with E-state index in [0.717, 1.165) is 25.3 Å². The SMILES string of the molecule is CCNC(c1ccc(Br)cc1C)c1cc(Cl)sc1Cl. The van der Waals surface area contributed by atoms with Gasteiger partial charge in [0.15, 0.2) is 0 Å². The number of nitrogens with one attached hydrogen (secondary N) is 1. The van der Waals surface area contributed by atoms with Crippen LogP contribution in [0.15, 0.2) is 28.7 Å². The molecule has 0 spiro atoms. The van der Waals surface area contributed by atoms with Crippen molar-refractivity contribution < 1.29 is 0 Å². The summed E-state index contributed by atoms with van der Waals surface area (Å²) in [6.45, 7) is 5.05. The lowest BCUT2D eigenvalue weighted by Gasteiger charge is -2.20. The smallest absolute Gasteiger partial charge is 0.0995 e. The molecule has 0 aliphatic heterocycles. The summed E-state index contributed by atoms with van der Waals surface area (Å²) in [6, 6.07) is 8.31. The van der Waals surface area contributed by atoms with Crippen molar-refractivity contribution in [1.29, 1.82) is 0 Å². The molecule has 0 saturated carbocycles. The molecule has 0 radical (unpaired) electrons. The predicted molar refractivity (Wildman–Crippen MR) is 88.7 cm³/mol. The van der Waals surface area contributed by atoms with E-state index in [0.29, 0.717) is 0 Å². The number of thiophene rings is 1. The third-order valence-corrected chi connectivity index (χ3v) is 4.96. The fourth-order valence-corrected chi connectivity index (χ4v) is 4.11. The number of aryl methyl sites for hydroxylation is 1. The van der Waals surface area contributed by atoms with E-state index in [2.05, 4.69) is 53.3 Å². The van der Waals surface area contributed by atoms with Crippen LogP contribution >= 0.6 is 50.5 Å². The van der Waals surface area contributed by atoms with Gasteiger partial charge in [0.2, 0.25) is 0 Å². The van der Waals surface area contributed by atoms with Gasteiger partial charge in [-0.25, -0.2) is 0 Å². The third-order valence-electron chi connectivity index (χ3n) is 2.95. The quantitative estimate of drug-likeness (QED) is 0.706. The molecule has 5 heteroatoms. The molecule has 0 aliphatic rings. The summed E-state index contributed by atoms with van der Waals surface area (Å²) in [4.78, 5) is 0. The maximum atomic E-state index is 6.29. The molecule has 1 aromatic carbocycles. The molecule has 0 bridgehead atoms. The lowest BCUT2D eigenvalue weighted by Crippen LogP contribution is -2.22. The summed E-state index contributed by atoms with van der Waals surface area (Å²) in [5, 5.41) is 3.48. The predicted octanol–water partition coefficient (Wildman–Crippen LogP) is 5.82. The highest BCUT2D eigenvalue weighted by Crippen LogP contribution is 2.38. The van der Waals surface area contributed by atoms with Gasteiger partial charge in [0.05, 0.1) is 14.7 Å². The van der Waals surface area contributed by atoms with E-state index in [4.69, 9.17) is 23.2 Å². The van der Waals surface area contributed by atoms with Crippen molar-refractivity contribution >= 4 is 50.5 Å². The van der Waals surface area contributed by atoms with Crippen molar-refractivity contribution in [1.82, 2.24) is 5.32 Å². The van der Waals surface area contributed by atoms with Crippen molar-refractivity contribution in [2.45, 2.75) is 19.9 Å². The first-order valence-corrected chi connectivity index (χ1v) is 8.33. The van der Waals surface area contributed by atoms with Crippen LogP contribution in [0.25, 0.3) is 0 Å². The van der Waals surface area contributed by atoms with E-state index in [-0.39, 0.29) is 6.04 Å². The van der Waals surface area contributed by atoms with Crippen LogP contribution in [-0.2, 0) is 0 Å². The lowest BCUT2D eigenvalue weighted by atomic mass is 9.97. The second-order valence-corrected chi connectivity index (χ2v) is 7.47. The molecule has 0 saturated heterocycles. The third kappa shape index (κ3) is 3.53. The number of hydrogen-bond acceptors (Lipinski definition) is 2. The van der Waals surface area contributed by atoms with Crippen LogP contribution in [0.1, 0.15) is 29.7 Å². The zero-order chi connectivity index (χ0) is 14.0. The van der Waals surface area contributed by atoms with Gasteiger partial charge < -0.3 is 5.32 Å². The standard InChI is InChI=1S/C14H14BrCl2NS/c1-3-18-13(11-7-12(16)19-14(11)17)10-5-4-9(15)6-8(10)2/h4-7,13,18H,3H2,1-2H3. The first-order valence-electron chi connectivity index (χ1n) is 5.97. The summed E-state index contributed by atoms with van der Waals surface area (Å²) in [5.74, 6) is 0. The van der Waals surface area contributed by atoms with Crippen molar-refractivity contribution in [3.8, 4) is 0 Å². The molecule has 0 amide bonds. The van der Waals surface area contributed by atoms with Crippen LogP contribution in [0.3, 0.4) is 0 Å². The Morgan fingerprint density at radius 3 is 2.53 bits per heavy atom. The molecule has 1 unspecified atom stereocenters. The molecule has 1 N–H and O–H groups in total. The summed E-state index contributed by atoms with van der Waals surface area (Å²) < 4.78 is 2.55. The molecule has 1 atom stereocenters. The monoisotopic (exact) mass is 377 g/mol. The molecular weight excluding hydrogens is 365 g/mol. The molecule has 0 aliphatic carbocycles. The Bertz CT molecular complexity index is 583. The maximum Gasteiger partial charge on any atom is 0.0995 e. The van der Waals surface area contributed by atoms with E-state index in [9.17, 15) is 0 Å². The summed E-state index contributed by atoms with van der Waals surface area (Å²) in [5.41, 5.74) is 3.49. The van der Waals surface area contributed by atoms with Gasteiger partial charge in [0, 0.05) is 10.0 Å². The molecule has 0 fully saturated rings. The van der Waals surface area contributed by atoms with Crippen molar-refractivity contribution in [3.63, 3.8) is 0 Å². The van der Waals surface area contributed by atoms with Crippen molar-refractivity contribution in [3.05, 3.63) is 54.1 Å². The molecule has 1 nitrogen and oxygen atoms in total. The van der Waals surface area contributed by atoms with Gasteiger partial charge in [0.25, 0.3) is 0 Å². The average molecular weight is 379 g/mol. The van der Waals surface area contributed by atoms with Crippen LogP contribution in [0, 0.1) is 6.92 Å². The topological polar surface area (TPSA) is 12.0 Å². The Kier molecular flexibility index (Phi) is 5.32. The second-order valence-electron chi connectivity index (χ2n) is 4.27. The molecule has 102 valence electrons. The van der Waals surface area contributed by atoms with Crippen LogP contribution in [0.4, 0.5) is 0 Å². The Balaban J connectivity index is 2.48. The minimum absolute atomic E-state index is 0.0781. The van der Waals surface area contributed by atoms with E-state index >= 15 is 0 Å². The van der Waals surface area contributed by atoms with Gasteiger partial charge in [0.1, 0.15) is 0 Å². The van der Waals surface area contributed by atoms with Crippen LogP contribution in [0.5, 0.6) is 0 Å². The molecular formula is C14H14BrCl2NS. The average Bonchev–Trinajstić information content (AvgIpc) is 2.66. The summed E-state index contributed by atoms with van der Waals surface area (Å²) >= 11 is 17.3. The minimum atomic E-state index is 0.0781. The fraction of sp³-hybridized carbons (Fsp3) is 0.286. The Hall–Kier alpha value is -0.0600. The van der Waals surface area contributed by atoms with Crippen LogP contribution < -0.4 is 5.32 Å². The van der Waals surface area contributed by atoms with Gasteiger partial charge in [-0.1, -0.05) is 52.1 Å². The first kappa shape index (κ1) is 15.3. The zero-order valence-corrected chi connectivity index (χ0v) is 14.6. The number of halogens is 3. The zero-order valence-electron chi connectivity index (χ0n) is 10.6. The maximum absolute atomic E-state index is 6.29.